The normalized spacial score (nSPS) is 14.0. The average Bonchev–Trinajstić information content (AvgIpc) is 2.97. The predicted molar refractivity (Wildman–Crippen MR) is 77.2 cm³/mol. The molecule has 0 aliphatic carbocycles. The van der Waals surface area contributed by atoms with Gasteiger partial charge in [-0.05, 0) is 29.8 Å². The van der Waals surface area contributed by atoms with Crippen LogP contribution in [0.3, 0.4) is 0 Å². The molecule has 1 aliphatic rings. The number of hydrogen-bond donors (Lipinski definition) is 1. The minimum Gasteiger partial charge on any atom is -0.454 e. The van der Waals surface area contributed by atoms with Gasteiger partial charge >= 0.3 is 0 Å². The van der Waals surface area contributed by atoms with Gasteiger partial charge in [0.15, 0.2) is 23.1 Å². The highest BCUT2D eigenvalue weighted by molar-refractivity contribution is 5.57. The molecule has 1 unspecified atom stereocenters. The Labute approximate surface area is 126 Å². The Morgan fingerprint density at radius 1 is 1.09 bits per heavy atom. The van der Waals surface area contributed by atoms with Crippen molar-refractivity contribution < 1.29 is 23.4 Å². The maximum absolute atomic E-state index is 13.2. The molecule has 0 amide bonds. The first-order chi connectivity index (χ1) is 10.5. The molecule has 0 saturated heterocycles. The lowest BCUT2D eigenvalue weighted by Gasteiger charge is -2.23. The van der Waals surface area contributed by atoms with E-state index < -0.39 is 17.7 Å². The van der Waals surface area contributed by atoms with Crippen molar-refractivity contribution in [3.05, 3.63) is 53.6 Å². The van der Waals surface area contributed by atoms with E-state index in [4.69, 9.17) is 9.47 Å². The third-order valence-corrected chi connectivity index (χ3v) is 3.57. The lowest BCUT2D eigenvalue weighted by Crippen LogP contribution is -2.24. The molecule has 4 nitrogen and oxygen atoms in total. The van der Waals surface area contributed by atoms with Crippen molar-refractivity contribution in [2.45, 2.75) is 6.10 Å². The zero-order valence-corrected chi connectivity index (χ0v) is 11.9. The van der Waals surface area contributed by atoms with E-state index in [0.717, 1.165) is 17.8 Å². The number of hydrogen-bond acceptors (Lipinski definition) is 4. The van der Waals surface area contributed by atoms with Crippen molar-refractivity contribution >= 4 is 5.69 Å². The smallest absolute Gasteiger partial charge is 0.231 e. The van der Waals surface area contributed by atoms with E-state index in [0.29, 0.717) is 17.1 Å². The van der Waals surface area contributed by atoms with E-state index in [2.05, 4.69) is 0 Å². The predicted octanol–water partition coefficient (Wildman–Crippen LogP) is 2.86. The Morgan fingerprint density at radius 2 is 1.86 bits per heavy atom. The molecule has 6 heteroatoms. The van der Waals surface area contributed by atoms with E-state index in [9.17, 15) is 13.9 Å². The molecule has 2 aromatic rings. The van der Waals surface area contributed by atoms with Crippen LogP contribution in [0.4, 0.5) is 14.5 Å². The van der Waals surface area contributed by atoms with Crippen LogP contribution in [0.15, 0.2) is 36.4 Å². The number of anilines is 1. The lowest BCUT2D eigenvalue weighted by atomic mass is 10.1. The SMILES string of the molecule is CN(CC(O)c1ccc(F)c(F)c1)c1ccc2c(c1)OCO2. The van der Waals surface area contributed by atoms with Gasteiger partial charge in [-0.15, -0.1) is 0 Å². The van der Waals surface area contributed by atoms with Crippen molar-refractivity contribution in [1.29, 1.82) is 0 Å². The molecule has 1 heterocycles. The minimum absolute atomic E-state index is 0.194. The molecule has 116 valence electrons. The molecular formula is C16H15F2NO3. The molecule has 0 radical (unpaired) electrons. The molecular weight excluding hydrogens is 292 g/mol. The van der Waals surface area contributed by atoms with Crippen molar-refractivity contribution in [1.82, 2.24) is 0 Å². The van der Waals surface area contributed by atoms with Gasteiger partial charge in [0.25, 0.3) is 0 Å². The van der Waals surface area contributed by atoms with E-state index in [1.54, 1.807) is 24.1 Å². The van der Waals surface area contributed by atoms with Gasteiger partial charge in [-0.3, -0.25) is 0 Å². The van der Waals surface area contributed by atoms with Crippen LogP contribution in [0, 0.1) is 11.6 Å². The van der Waals surface area contributed by atoms with Crippen LogP contribution in [-0.4, -0.2) is 25.5 Å². The molecule has 1 N–H and O–H groups in total. The zero-order chi connectivity index (χ0) is 15.7. The highest BCUT2D eigenvalue weighted by atomic mass is 19.2. The second-order valence-electron chi connectivity index (χ2n) is 5.11. The number of ether oxygens (including phenoxy) is 2. The third kappa shape index (κ3) is 2.82. The molecule has 22 heavy (non-hydrogen) atoms. The summed E-state index contributed by atoms with van der Waals surface area (Å²) in [7, 11) is 1.79. The topological polar surface area (TPSA) is 41.9 Å². The number of rotatable bonds is 4. The van der Waals surface area contributed by atoms with Crippen molar-refractivity contribution in [3.63, 3.8) is 0 Å². The fourth-order valence-electron chi connectivity index (χ4n) is 2.31. The molecule has 1 atom stereocenters. The first kappa shape index (κ1) is 14.6. The third-order valence-electron chi connectivity index (χ3n) is 3.57. The summed E-state index contributed by atoms with van der Waals surface area (Å²) in [5.41, 5.74) is 1.15. The number of likely N-dealkylation sites (N-methyl/N-ethyl adjacent to an activating group) is 1. The van der Waals surface area contributed by atoms with E-state index in [1.165, 1.54) is 6.07 Å². The number of nitrogens with zero attached hydrogens (tertiary/aromatic N) is 1. The number of aliphatic hydroxyl groups is 1. The Bertz CT molecular complexity index is 693. The van der Waals surface area contributed by atoms with Crippen LogP contribution in [0.2, 0.25) is 0 Å². The summed E-state index contributed by atoms with van der Waals surface area (Å²) in [4.78, 5) is 1.80. The summed E-state index contributed by atoms with van der Waals surface area (Å²) in [5, 5.41) is 10.2. The summed E-state index contributed by atoms with van der Waals surface area (Å²) in [6.07, 6.45) is -0.939. The molecule has 0 bridgehead atoms. The maximum Gasteiger partial charge on any atom is 0.231 e. The van der Waals surface area contributed by atoms with Gasteiger partial charge in [0.2, 0.25) is 6.79 Å². The van der Waals surface area contributed by atoms with Gasteiger partial charge in [0.05, 0.1) is 6.10 Å². The first-order valence-corrected chi connectivity index (χ1v) is 6.78. The van der Waals surface area contributed by atoms with Crippen LogP contribution in [0.25, 0.3) is 0 Å². The standard InChI is InChI=1S/C16H15F2NO3/c1-19(11-3-5-15-16(7-11)22-9-21-15)8-14(20)10-2-4-12(17)13(18)6-10/h2-7,14,20H,8-9H2,1H3. The zero-order valence-electron chi connectivity index (χ0n) is 11.9. The maximum atomic E-state index is 13.2. The van der Waals surface area contributed by atoms with E-state index in [-0.39, 0.29) is 13.3 Å². The Hall–Kier alpha value is -2.34. The van der Waals surface area contributed by atoms with E-state index >= 15 is 0 Å². The fraction of sp³-hybridized carbons (Fsp3) is 0.250. The van der Waals surface area contributed by atoms with Crippen LogP contribution in [0.1, 0.15) is 11.7 Å². The molecule has 3 rings (SSSR count). The number of benzene rings is 2. The van der Waals surface area contributed by atoms with Crippen molar-refractivity contribution in [2.75, 3.05) is 25.3 Å². The second kappa shape index (κ2) is 5.81. The molecule has 0 saturated carbocycles. The van der Waals surface area contributed by atoms with Crippen LogP contribution >= 0.6 is 0 Å². The first-order valence-electron chi connectivity index (χ1n) is 6.78. The van der Waals surface area contributed by atoms with Gasteiger partial charge in [0.1, 0.15) is 0 Å². The monoisotopic (exact) mass is 307 g/mol. The Balaban J connectivity index is 1.73. The summed E-state index contributed by atoms with van der Waals surface area (Å²) < 4.78 is 36.7. The molecule has 0 aromatic heterocycles. The van der Waals surface area contributed by atoms with E-state index in [1.807, 2.05) is 6.07 Å². The number of halogens is 2. The van der Waals surface area contributed by atoms with Gasteiger partial charge < -0.3 is 19.5 Å². The second-order valence-corrected chi connectivity index (χ2v) is 5.11. The largest absolute Gasteiger partial charge is 0.454 e. The molecule has 2 aromatic carbocycles. The summed E-state index contributed by atoms with van der Waals surface area (Å²) in [5.74, 6) is -0.577. The van der Waals surface area contributed by atoms with Gasteiger partial charge in [0, 0.05) is 25.3 Å². The summed E-state index contributed by atoms with van der Waals surface area (Å²) in [6, 6.07) is 8.82. The summed E-state index contributed by atoms with van der Waals surface area (Å²) >= 11 is 0. The molecule has 0 fully saturated rings. The Kier molecular flexibility index (Phi) is 3.85. The van der Waals surface area contributed by atoms with Gasteiger partial charge in [-0.1, -0.05) is 6.07 Å². The number of aliphatic hydroxyl groups excluding tert-OH is 1. The van der Waals surface area contributed by atoms with Crippen LogP contribution in [-0.2, 0) is 0 Å². The van der Waals surface area contributed by atoms with Crippen LogP contribution in [0.5, 0.6) is 11.5 Å². The van der Waals surface area contributed by atoms with Gasteiger partial charge in [-0.25, -0.2) is 8.78 Å². The number of fused-ring (bicyclic) bond motifs is 1. The fourth-order valence-corrected chi connectivity index (χ4v) is 2.31. The molecule has 1 aliphatic heterocycles. The van der Waals surface area contributed by atoms with Crippen molar-refractivity contribution in [2.24, 2.45) is 0 Å². The minimum atomic E-state index is -0.970. The Morgan fingerprint density at radius 3 is 2.64 bits per heavy atom. The van der Waals surface area contributed by atoms with Gasteiger partial charge in [-0.2, -0.15) is 0 Å². The quantitative estimate of drug-likeness (QED) is 0.943. The average molecular weight is 307 g/mol. The van der Waals surface area contributed by atoms with Crippen LogP contribution < -0.4 is 14.4 Å². The van der Waals surface area contributed by atoms with Crippen molar-refractivity contribution in [3.8, 4) is 11.5 Å². The highest BCUT2D eigenvalue weighted by Crippen LogP contribution is 2.35. The highest BCUT2D eigenvalue weighted by Gasteiger charge is 2.17. The molecule has 0 spiro atoms. The summed E-state index contributed by atoms with van der Waals surface area (Å²) in [6.45, 7) is 0.421. The lowest BCUT2D eigenvalue weighted by molar-refractivity contribution is 0.174.